The molecule has 0 bridgehead atoms. The highest BCUT2D eigenvalue weighted by Gasteiger charge is 2.03. The molecule has 1 rings (SSSR count). The first-order valence-corrected chi connectivity index (χ1v) is 6.14. The molecule has 3 nitrogen and oxygen atoms in total. The number of rotatable bonds is 3. The molecule has 1 heterocycles. The van der Waals surface area contributed by atoms with E-state index in [1.54, 1.807) is 10.9 Å². The number of halogens is 2. The number of hydrogen-bond acceptors (Lipinski definition) is 2. The highest BCUT2D eigenvalue weighted by molar-refractivity contribution is 14.1. The normalized spacial score (nSPS) is 10.4. The SMILES string of the molecule is Cc1ncn(CCCBr)c(=O)c1I. The zero-order valence-corrected chi connectivity index (χ0v) is 11.0. The number of aryl methyl sites for hydroxylation is 2. The number of nitrogens with zero attached hydrogens (tertiary/aromatic N) is 2. The molecular formula is C8H10BrIN2O. The second-order valence-corrected chi connectivity index (χ2v) is 4.56. The Morgan fingerprint density at radius 1 is 1.69 bits per heavy atom. The maximum atomic E-state index is 11.6. The van der Waals surface area contributed by atoms with Crippen LogP contribution in [0.5, 0.6) is 0 Å². The van der Waals surface area contributed by atoms with E-state index in [9.17, 15) is 4.79 Å². The third kappa shape index (κ3) is 2.77. The highest BCUT2D eigenvalue weighted by Crippen LogP contribution is 2.01. The van der Waals surface area contributed by atoms with Crippen LogP contribution in [-0.4, -0.2) is 14.9 Å². The Balaban J connectivity index is 2.97. The summed E-state index contributed by atoms with van der Waals surface area (Å²) < 4.78 is 2.37. The van der Waals surface area contributed by atoms with Crippen molar-refractivity contribution in [2.24, 2.45) is 0 Å². The van der Waals surface area contributed by atoms with Crippen molar-refractivity contribution in [2.45, 2.75) is 19.9 Å². The lowest BCUT2D eigenvalue weighted by Crippen LogP contribution is -2.24. The second kappa shape index (κ2) is 5.09. The van der Waals surface area contributed by atoms with E-state index in [2.05, 4.69) is 20.9 Å². The summed E-state index contributed by atoms with van der Waals surface area (Å²) >= 11 is 5.37. The summed E-state index contributed by atoms with van der Waals surface area (Å²) in [6.07, 6.45) is 2.56. The van der Waals surface area contributed by atoms with Gasteiger partial charge in [0.05, 0.1) is 15.6 Å². The fourth-order valence-corrected chi connectivity index (χ4v) is 1.64. The number of aromatic nitrogens is 2. The van der Waals surface area contributed by atoms with Crippen molar-refractivity contribution >= 4 is 38.5 Å². The minimum Gasteiger partial charge on any atom is -0.298 e. The zero-order valence-electron chi connectivity index (χ0n) is 7.26. The third-order valence-electron chi connectivity index (χ3n) is 1.69. The lowest BCUT2D eigenvalue weighted by atomic mass is 10.4. The molecule has 1 aromatic heterocycles. The average Bonchev–Trinajstić information content (AvgIpc) is 2.13. The molecule has 72 valence electrons. The Labute approximate surface area is 98.8 Å². The molecule has 0 unspecified atom stereocenters. The average molecular weight is 357 g/mol. The summed E-state index contributed by atoms with van der Waals surface area (Å²) in [5.41, 5.74) is 0.870. The van der Waals surface area contributed by atoms with Crippen molar-refractivity contribution in [2.75, 3.05) is 5.33 Å². The quantitative estimate of drug-likeness (QED) is 0.612. The largest absolute Gasteiger partial charge is 0.298 e. The molecule has 0 aliphatic rings. The minimum absolute atomic E-state index is 0.0639. The first-order chi connectivity index (χ1) is 6.16. The molecule has 1 aromatic rings. The Bertz CT molecular complexity index is 350. The third-order valence-corrected chi connectivity index (χ3v) is 3.49. The predicted molar refractivity (Wildman–Crippen MR) is 64.4 cm³/mol. The number of alkyl halides is 1. The van der Waals surface area contributed by atoms with Gasteiger partial charge in [-0.05, 0) is 35.9 Å². The molecule has 0 aromatic carbocycles. The van der Waals surface area contributed by atoms with Gasteiger partial charge in [-0.3, -0.25) is 9.36 Å². The summed E-state index contributed by atoms with van der Waals surface area (Å²) in [4.78, 5) is 15.7. The van der Waals surface area contributed by atoms with Crippen LogP contribution < -0.4 is 5.56 Å². The smallest absolute Gasteiger partial charge is 0.266 e. The van der Waals surface area contributed by atoms with E-state index in [-0.39, 0.29) is 5.56 Å². The lowest BCUT2D eigenvalue weighted by molar-refractivity contribution is 0.639. The fourth-order valence-electron chi connectivity index (χ4n) is 0.936. The van der Waals surface area contributed by atoms with E-state index < -0.39 is 0 Å². The van der Waals surface area contributed by atoms with E-state index >= 15 is 0 Å². The highest BCUT2D eigenvalue weighted by atomic mass is 127. The molecule has 13 heavy (non-hydrogen) atoms. The summed E-state index contributed by atoms with van der Waals surface area (Å²) in [6, 6.07) is 0. The fraction of sp³-hybridized carbons (Fsp3) is 0.500. The first kappa shape index (κ1) is 11.2. The maximum Gasteiger partial charge on any atom is 0.266 e. The summed E-state index contributed by atoms with van der Waals surface area (Å²) in [5, 5.41) is 0.907. The van der Waals surface area contributed by atoms with Crippen LogP contribution in [0, 0.1) is 10.5 Å². The van der Waals surface area contributed by atoms with E-state index in [4.69, 9.17) is 0 Å². The van der Waals surface area contributed by atoms with Crippen molar-refractivity contribution in [1.29, 1.82) is 0 Å². The molecule has 0 saturated heterocycles. The van der Waals surface area contributed by atoms with Gasteiger partial charge in [-0.1, -0.05) is 15.9 Å². The molecule has 0 fully saturated rings. The Kier molecular flexibility index (Phi) is 4.37. The van der Waals surface area contributed by atoms with Gasteiger partial charge in [0.25, 0.3) is 5.56 Å². The van der Waals surface area contributed by atoms with Crippen molar-refractivity contribution in [3.63, 3.8) is 0 Å². The second-order valence-electron chi connectivity index (χ2n) is 2.69. The Hall–Kier alpha value is 0.0900. The molecule has 0 atom stereocenters. The van der Waals surface area contributed by atoms with Crippen LogP contribution in [0.15, 0.2) is 11.1 Å². The summed E-state index contributed by atoms with van der Waals surface area (Å²) in [6.45, 7) is 2.57. The van der Waals surface area contributed by atoms with Crippen LogP contribution in [0.25, 0.3) is 0 Å². The predicted octanol–water partition coefficient (Wildman–Crippen LogP) is 1.94. The zero-order chi connectivity index (χ0) is 9.84. The first-order valence-electron chi connectivity index (χ1n) is 3.94. The van der Waals surface area contributed by atoms with Gasteiger partial charge in [0, 0.05) is 11.9 Å². The monoisotopic (exact) mass is 356 g/mol. The Morgan fingerprint density at radius 3 is 3.00 bits per heavy atom. The van der Waals surface area contributed by atoms with Crippen LogP contribution in [0.4, 0.5) is 0 Å². The van der Waals surface area contributed by atoms with Crippen LogP contribution in [-0.2, 0) is 6.54 Å². The lowest BCUT2D eigenvalue weighted by Gasteiger charge is -2.04. The van der Waals surface area contributed by atoms with Crippen LogP contribution in [0.2, 0.25) is 0 Å². The van der Waals surface area contributed by atoms with Crippen molar-refractivity contribution in [3.05, 3.63) is 25.9 Å². The maximum absolute atomic E-state index is 11.6. The van der Waals surface area contributed by atoms with E-state index in [1.807, 2.05) is 29.5 Å². The van der Waals surface area contributed by atoms with Gasteiger partial charge < -0.3 is 0 Å². The topological polar surface area (TPSA) is 34.9 Å². The van der Waals surface area contributed by atoms with Gasteiger partial charge in [-0.15, -0.1) is 0 Å². The molecule has 0 spiro atoms. The molecule has 0 aliphatic heterocycles. The number of hydrogen-bond donors (Lipinski definition) is 0. The van der Waals surface area contributed by atoms with Crippen LogP contribution >= 0.6 is 38.5 Å². The standard InChI is InChI=1S/C8H10BrIN2O/c1-6-7(10)8(13)12(5-11-6)4-2-3-9/h5H,2-4H2,1H3. The van der Waals surface area contributed by atoms with E-state index in [1.165, 1.54) is 0 Å². The van der Waals surface area contributed by atoms with Gasteiger partial charge in [0.2, 0.25) is 0 Å². The van der Waals surface area contributed by atoms with Gasteiger partial charge >= 0.3 is 0 Å². The molecule has 0 aliphatic carbocycles. The molecule has 0 amide bonds. The molecule has 0 saturated carbocycles. The van der Waals surface area contributed by atoms with Crippen molar-refractivity contribution < 1.29 is 0 Å². The minimum atomic E-state index is 0.0639. The van der Waals surface area contributed by atoms with Gasteiger partial charge in [0.1, 0.15) is 0 Å². The van der Waals surface area contributed by atoms with Crippen LogP contribution in [0.1, 0.15) is 12.1 Å². The van der Waals surface area contributed by atoms with Crippen LogP contribution in [0.3, 0.4) is 0 Å². The molecule has 0 N–H and O–H groups in total. The summed E-state index contributed by atoms with van der Waals surface area (Å²) in [5.74, 6) is 0. The molecular weight excluding hydrogens is 347 g/mol. The Morgan fingerprint density at radius 2 is 2.38 bits per heavy atom. The van der Waals surface area contributed by atoms with Crippen molar-refractivity contribution in [3.8, 4) is 0 Å². The van der Waals surface area contributed by atoms with Crippen molar-refractivity contribution in [1.82, 2.24) is 9.55 Å². The van der Waals surface area contributed by atoms with E-state index in [0.717, 1.165) is 27.6 Å². The van der Waals surface area contributed by atoms with Gasteiger partial charge in [-0.2, -0.15) is 0 Å². The summed E-state index contributed by atoms with van der Waals surface area (Å²) in [7, 11) is 0. The molecule has 5 heteroatoms. The van der Waals surface area contributed by atoms with Gasteiger partial charge in [-0.25, -0.2) is 4.98 Å². The van der Waals surface area contributed by atoms with E-state index in [0.29, 0.717) is 0 Å². The van der Waals surface area contributed by atoms with Gasteiger partial charge in [0.15, 0.2) is 0 Å². The molecule has 0 radical (unpaired) electrons.